The minimum Gasteiger partial charge on any atom is -0.343 e. The Hall–Kier alpha value is -1.55. The van der Waals surface area contributed by atoms with Crippen molar-refractivity contribution in [3.05, 3.63) is 46.0 Å². The Bertz CT molecular complexity index is 616. The molecule has 2 aromatic rings. The lowest BCUT2D eigenvalue weighted by atomic mass is 10.2. The molecule has 1 aliphatic rings. The quantitative estimate of drug-likeness (QED) is 0.781. The summed E-state index contributed by atoms with van der Waals surface area (Å²) in [5, 5.41) is 0. The third-order valence-electron chi connectivity index (χ3n) is 3.08. The molecule has 0 aliphatic heterocycles. The van der Waals surface area contributed by atoms with Crippen molar-refractivity contribution in [3.63, 3.8) is 0 Å². The lowest BCUT2D eigenvalue weighted by Crippen LogP contribution is -1.97. The first kappa shape index (κ1) is 10.6. The first-order valence-electron chi connectivity index (χ1n) is 5.62. The Kier molecular flexibility index (Phi) is 2.52. The van der Waals surface area contributed by atoms with E-state index in [1.54, 1.807) is 12.1 Å². The zero-order chi connectivity index (χ0) is 11.8. The van der Waals surface area contributed by atoms with Crippen molar-refractivity contribution >= 4 is 12.2 Å². The fourth-order valence-electron chi connectivity index (χ4n) is 2.20. The number of halogens is 1. The highest BCUT2D eigenvalue weighted by atomic mass is 32.1. The summed E-state index contributed by atoms with van der Waals surface area (Å²) in [6.45, 7) is 0. The molecule has 0 saturated carbocycles. The molecular formula is C13H11FN2S. The van der Waals surface area contributed by atoms with Crippen LogP contribution in [0.1, 0.15) is 17.7 Å². The van der Waals surface area contributed by atoms with Crippen LogP contribution in [0.2, 0.25) is 0 Å². The van der Waals surface area contributed by atoms with Crippen LogP contribution in [-0.4, -0.2) is 9.97 Å². The van der Waals surface area contributed by atoms with Gasteiger partial charge in [0.2, 0.25) is 0 Å². The highest BCUT2D eigenvalue weighted by molar-refractivity contribution is 7.71. The SMILES string of the molecule is Fc1ccc(-c2nc(=S)c3c([nH]2)CCC3)cc1. The molecule has 0 amide bonds. The van der Waals surface area contributed by atoms with Gasteiger partial charge in [0.15, 0.2) is 0 Å². The van der Waals surface area contributed by atoms with E-state index in [0.29, 0.717) is 4.64 Å². The van der Waals surface area contributed by atoms with E-state index < -0.39 is 0 Å². The standard InChI is InChI=1S/C13H11FN2S/c14-9-6-4-8(5-7-9)12-15-11-3-1-2-10(11)13(17)16-12/h4-7H,1-3H2,(H,15,16,17). The minimum atomic E-state index is -0.242. The van der Waals surface area contributed by atoms with Crippen molar-refractivity contribution in [2.75, 3.05) is 0 Å². The molecule has 0 spiro atoms. The molecule has 2 nitrogen and oxygen atoms in total. The second kappa shape index (κ2) is 4.04. The van der Waals surface area contributed by atoms with Crippen LogP contribution in [0, 0.1) is 10.5 Å². The van der Waals surface area contributed by atoms with Crippen LogP contribution >= 0.6 is 12.2 Å². The third kappa shape index (κ3) is 1.89. The summed E-state index contributed by atoms with van der Waals surface area (Å²) in [6, 6.07) is 6.29. The summed E-state index contributed by atoms with van der Waals surface area (Å²) in [6.07, 6.45) is 3.17. The topological polar surface area (TPSA) is 28.7 Å². The maximum atomic E-state index is 12.9. The molecule has 1 aliphatic carbocycles. The lowest BCUT2D eigenvalue weighted by molar-refractivity contribution is 0.628. The average molecular weight is 246 g/mol. The van der Waals surface area contributed by atoms with Crippen molar-refractivity contribution in [2.45, 2.75) is 19.3 Å². The molecule has 1 heterocycles. The van der Waals surface area contributed by atoms with Crippen LogP contribution in [0.3, 0.4) is 0 Å². The van der Waals surface area contributed by atoms with Gasteiger partial charge in [0.05, 0.1) is 0 Å². The van der Waals surface area contributed by atoms with Gasteiger partial charge in [0.25, 0.3) is 0 Å². The van der Waals surface area contributed by atoms with Gasteiger partial charge >= 0.3 is 0 Å². The molecule has 86 valence electrons. The zero-order valence-electron chi connectivity index (χ0n) is 9.16. The Morgan fingerprint density at radius 1 is 1.18 bits per heavy atom. The number of benzene rings is 1. The Morgan fingerprint density at radius 3 is 2.71 bits per heavy atom. The predicted molar refractivity (Wildman–Crippen MR) is 66.8 cm³/mol. The van der Waals surface area contributed by atoms with E-state index in [1.807, 2.05) is 0 Å². The van der Waals surface area contributed by atoms with Gasteiger partial charge in [-0.2, -0.15) is 0 Å². The van der Waals surface area contributed by atoms with Crippen molar-refractivity contribution in [1.82, 2.24) is 9.97 Å². The maximum absolute atomic E-state index is 12.9. The Morgan fingerprint density at radius 2 is 1.94 bits per heavy atom. The number of hydrogen-bond acceptors (Lipinski definition) is 2. The van der Waals surface area contributed by atoms with Crippen molar-refractivity contribution < 1.29 is 4.39 Å². The van der Waals surface area contributed by atoms with Crippen molar-refractivity contribution in [1.29, 1.82) is 0 Å². The number of hydrogen-bond donors (Lipinski definition) is 1. The smallest absolute Gasteiger partial charge is 0.139 e. The van der Waals surface area contributed by atoms with Gasteiger partial charge < -0.3 is 4.98 Å². The number of aromatic amines is 1. The first-order chi connectivity index (χ1) is 8.24. The van der Waals surface area contributed by atoms with Crippen LogP contribution < -0.4 is 0 Å². The summed E-state index contributed by atoms with van der Waals surface area (Å²) < 4.78 is 13.5. The highest BCUT2D eigenvalue weighted by Crippen LogP contribution is 2.24. The van der Waals surface area contributed by atoms with Gasteiger partial charge in [-0.25, -0.2) is 9.37 Å². The molecule has 1 aromatic heterocycles. The van der Waals surface area contributed by atoms with Crippen LogP contribution in [0.5, 0.6) is 0 Å². The molecule has 0 radical (unpaired) electrons. The molecule has 4 heteroatoms. The predicted octanol–water partition coefficient (Wildman–Crippen LogP) is 3.43. The van der Waals surface area contributed by atoms with Gasteiger partial charge in [0, 0.05) is 16.8 Å². The third-order valence-corrected chi connectivity index (χ3v) is 3.41. The largest absolute Gasteiger partial charge is 0.343 e. The molecule has 1 N–H and O–H groups in total. The van der Waals surface area contributed by atoms with E-state index >= 15 is 0 Å². The molecule has 3 rings (SSSR count). The van der Waals surface area contributed by atoms with Crippen molar-refractivity contribution in [3.8, 4) is 11.4 Å². The molecule has 0 atom stereocenters. The van der Waals surface area contributed by atoms with E-state index in [0.717, 1.165) is 30.7 Å². The molecule has 0 fully saturated rings. The second-order valence-electron chi connectivity index (χ2n) is 4.21. The molecule has 17 heavy (non-hydrogen) atoms. The van der Waals surface area contributed by atoms with Gasteiger partial charge in [-0.3, -0.25) is 0 Å². The molecule has 0 saturated heterocycles. The van der Waals surface area contributed by atoms with E-state index in [-0.39, 0.29) is 5.82 Å². The lowest BCUT2D eigenvalue weighted by Gasteiger charge is -2.05. The fourth-order valence-corrected chi connectivity index (χ4v) is 2.52. The normalized spacial score (nSPS) is 13.7. The number of aromatic nitrogens is 2. The van der Waals surface area contributed by atoms with E-state index in [4.69, 9.17) is 12.2 Å². The summed E-state index contributed by atoms with van der Waals surface area (Å²) >= 11 is 5.29. The van der Waals surface area contributed by atoms with E-state index in [1.165, 1.54) is 23.4 Å². The van der Waals surface area contributed by atoms with Gasteiger partial charge in [-0.15, -0.1) is 0 Å². The second-order valence-corrected chi connectivity index (χ2v) is 4.59. The van der Waals surface area contributed by atoms with Gasteiger partial charge in [0.1, 0.15) is 16.3 Å². The number of H-pyrrole nitrogens is 1. The average Bonchev–Trinajstić information content (AvgIpc) is 2.78. The van der Waals surface area contributed by atoms with Crippen LogP contribution in [0.15, 0.2) is 24.3 Å². The number of aryl methyl sites for hydroxylation is 1. The number of nitrogens with one attached hydrogen (secondary N) is 1. The molecular weight excluding hydrogens is 235 g/mol. The zero-order valence-corrected chi connectivity index (χ0v) is 9.98. The molecule has 1 aromatic carbocycles. The van der Waals surface area contributed by atoms with Crippen LogP contribution in [-0.2, 0) is 12.8 Å². The van der Waals surface area contributed by atoms with Crippen molar-refractivity contribution in [2.24, 2.45) is 0 Å². The van der Waals surface area contributed by atoms with Gasteiger partial charge in [-0.05, 0) is 43.5 Å². The van der Waals surface area contributed by atoms with Gasteiger partial charge in [-0.1, -0.05) is 12.2 Å². The summed E-state index contributed by atoms with van der Waals surface area (Å²) in [7, 11) is 0. The fraction of sp³-hybridized carbons (Fsp3) is 0.231. The Labute approximate surface area is 104 Å². The summed E-state index contributed by atoms with van der Waals surface area (Å²) in [5.74, 6) is 0.490. The van der Waals surface area contributed by atoms with Crippen LogP contribution in [0.25, 0.3) is 11.4 Å². The van der Waals surface area contributed by atoms with E-state index in [2.05, 4.69) is 9.97 Å². The molecule has 0 bridgehead atoms. The number of fused-ring (bicyclic) bond motifs is 1. The number of nitrogens with zero attached hydrogens (tertiary/aromatic N) is 1. The highest BCUT2D eigenvalue weighted by Gasteiger charge is 2.15. The summed E-state index contributed by atoms with van der Waals surface area (Å²) in [5.41, 5.74) is 3.22. The first-order valence-corrected chi connectivity index (χ1v) is 6.03. The number of rotatable bonds is 1. The monoisotopic (exact) mass is 246 g/mol. The summed E-state index contributed by atoms with van der Waals surface area (Å²) in [4.78, 5) is 7.68. The molecule has 0 unspecified atom stereocenters. The van der Waals surface area contributed by atoms with Crippen LogP contribution in [0.4, 0.5) is 4.39 Å². The maximum Gasteiger partial charge on any atom is 0.139 e. The minimum absolute atomic E-state index is 0.242. The van der Waals surface area contributed by atoms with E-state index in [9.17, 15) is 4.39 Å². The Balaban J connectivity index is 2.13.